The lowest BCUT2D eigenvalue weighted by Gasteiger charge is -2.35. The van der Waals surface area contributed by atoms with E-state index in [0.717, 1.165) is 31.6 Å². The Labute approximate surface area is 379 Å². The number of fused-ring (bicyclic) bond motifs is 1. The number of hydrogen-bond acceptors (Lipinski definition) is 10. The average Bonchev–Trinajstić information content (AvgIpc) is 4.17. The highest BCUT2D eigenvalue weighted by Gasteiger charge is 2.54. The molecule has 1 aromatic carbocycles. The van der Waals surface area contributed by atoms with Crippen molar-refractivity contribution in [2.45, 2.75) is 134 Å². The van der Waals surface area contributed by atoms with Crippen LogP contribution in [0.25, 0.3) is 11.0 Å². The molecule has 2 aromatic rings. The van der Waals surface area contributed by atoms with Gasteiger partial charge in [0, 0.05) is 24.8 Å². The minimum absolute atomic E-state index is 0.0187. The van der Waals surface area contributed by atoms with Gasteiger partial charge >= 0.3 is 0 Å². The molecule has 15 nitrogen and oxygen atoms in total. The predicted octanol–water partition coefficient (Wildman–Crippen LogP) is 6.23. The summed E-state index contributed by atoms with van der Waals surface area (Å²) < 4.78 is 77.2. The monoisotopic (exact) mass is 939 g/mol. The van der Waals surface area contributed by atoms with E-state index in [1.54, 1.807) is 18.9 Å². The van der Waals surface area contributed by atoms with Gasteiger partial charge in [-0.3, -0.25) is 28.7 Å². The first-order valence-electron chi connectivity index (χ1n) is 21.3. The Bertz CT molecular complexity index is 2150. The lowest BCUT2D eigenvalue weighted by Crippen LogP contribution is -2.56. The normalized spacial score (nSPS) is 20.6. The fraction of sp³-hybridized carbons (Fsp3) is 0.622. The van der Waals surface area contributed by atoms with Gasteiger partial charge in [-0.25, -0.2) is 22.2 Å². The molecule has 65 heavy (non-hydrogen) atoms. The van der Waals surface area contributed by atoms with E-state index in [1.165, 1.54) is 31.0 Å². The molecule has 4 aliphatic rings. The van der Waals surface area contributed by atoms with Gasteiger partial charge in [-0.2, -0.15) is 14.0 Å². The van der Waals surface area contributed by atoms with Crippen molar-refractivity contribution in [1.29, 1.82) is 5.26 Å². The van der Waals surface area contributed by atoms with Crippen LogP contribution in [0.1, 0.15) is 117 Å². The van der Waals surface area contributed by atoms with Crippen molar-refractivity contribution < 1.29 is 50.3 Å². The van der Waals surface area contributed by atoms with Crippen LogP contribution >= 0.6 is 0 Å². The molecule has 362 valence electrons. The third kappa shape index (κ3) is 16.6. The minimum atomic E-state index is -3.68. The topological polar surface area (TPSA) is 246 Å². The van der Waals surface area contributed by atoms with Gasteiger partial charge in [-0.15, -0.1) is 26.0 Å². The first-order chi connectivity index (χ1) is 30.4. The van der Waals surface area contributed by atoms with Crippen LogP contribution in [-0.4, -0.2) is 89.4 Å². The highest BCUT2D eigenvalue weighted by atomic mass is 32.2. The number of terminal acetylenes is 1. The molecule has 1 saturated heterocycles. The third-order valence-electron chi connectivity index (χ3n) is 11.6. The van der Waals surface area contributed by atoms with E-state index in [0.29, 0.717) is 36.9 Å². The number of benzene rings is 1. The van der Waals surface area contributed by atoms with Gasteiger partial charge in [0.25, 0.3) is 18.0 Å². The molecule has 1 aliphatic heterocycles. The molecule has 4 fully saturated rings. The average molecular weight is 940 g/mol. The molecule has 3 aliphatic carbocycles. The number of nitrogens with two attached hydrogens (primary N) is 1. The Morgan fingerprint density at radius 1 is 1.15 bits per heavy atom. The molecule has 0 radical (unpaired) electrons. The summed E-state index contributed by atoms with van der Waals surface area (Å²) in [6, 6.07) is 5.58. The molecule has 5 atom stereocenters. The van der Waals surface area contributed by atoms with Gasteiger partial charge < -0.3 is 26.0 Å². The lowest BCUT2D eigenvalue weighted by atomic mass is 9.85. The van der Waals surface area contributed by atoms with E-state index >= 15 is 0 Å². The molecule has 6 N–H and O–H groups in total. The Morgan fingerprint density at radius 3 is 2.18 bits per heavy atom. The number of unbranched alkanes of at least 4 members (excludes halogenated alkanes) is 1. The van der Waals surface area contributed by atoms with Crippen molar-refractivity contribution in [1.82, 2.24) is 24.9 Å². The zero-order valence-electron chi connectivity index (χ0n) is 38.0. The zero-order valence-corrected chi connectivity index (χ0v) is 38.9. The molecular weight excluding hydrogens is 875 g/mol. The number of nitrogens with one attached hydrogen (secondary N) is 3. The molecule has 3 amide bonds. The number of nitriles is 1. The Morgan fingerprint density at radius 2 is 1.74 bits per heavy atom. The number of carbonyl (C=O) groups excluding carboxylic acids is 3. The van der Waals surface area contributed by atoms with Crippen LogP contribution < -0.4 is 21.3 Å². The van der Waals surface area contributed by atoms with E-state index in [4.69, 9.17) is 20.9 Å². The van der Waals surface area contributed by atoms with Gasteiger partial charge in [0.15, 0.2) is 5.69 Å². The Kier molecular flexibility index (Phi) is 22.5. The Balaban J connectivity index is 0.000000461. The number of halogens is 4. The number of nitrogens with zero attached hydrogens (tertiary/aromatic N) is 3. The van der Waals surface area contributed by atoms with Gasteiger partial charge in [0.05, 0.1) is 33.5 Å². The molecule has 1 unspecified atom stereocenters. The van der Waals surface area contributed by atoms with E-state index in [-0.39, 0.29) is 54.0 Å². The van der Waals surface area contributed by atoms with Crippen LogP contribution in [0.5, 0.6) is 0 Å². The molecule has 20 heteroatoms. The van der Waals surface area contributed by atoms with Crippen molar-refractivity contribution in [3.05, 3.63) is 53.0 Å². The van der Waals surface area contributed by atoms with Crippen molar-refractivity contribution in [2.75, 3.05) is 13.6 Å². The number of aromatic nitrogens is 2. The van der Waals surface area contributed by atoms with E-state index in [9.17, 15) is 45.2 Å². The maximum absolute atomic E-state index is 14.3. The summed E-state index contributed by atoms with van der Waals surface area (Å²) in [6.07, 6.45) is 12.5. The number of amides is 3. The highest BCUT2D eigenvalue weighted by molar-refractivity contribution is 7.91. The summed E-state index contributed by atoms with van der Waals surface area (Å²) >= 11 is 0. The summed E-state index contributed by atoms with van der Waals surface area (Å²) in [4.78, 5) is 63.9. The zero-order chi connectivity index (χ0) is 50.1. The van der Waals surface area contributed by atoms with Crippen LogP contribution in [0, 0.1) is 53.3 Å². The molecule has 0 spiro atoms. The van der Waals surface area contributed by atoms with Gasteiger partial charge in [-0.1, -0.05) is 59.8 Å². The lowest BCUT2D eigenvalue weighted by molar-refractivity contribution is -0.141. The SMILES string of the molecule is C#C.C=C.CC1(S(=O)(=O)NC(=O)[C@H]2CC2C(F)F)CC1.CC[C@@H]1CCN(C(=O)[C@@H](NC)C(C)(C)C)[C@@H]1C(N)=O.N#Cc1ccc2nc(C(F)(F)CCCCC3CC3)c(=O)[nH]c2c1.O=CO. The third-order valence-corrected chi connectivity index (χ3v) is 13.8. The highest BCUT2D eigenvalue weighted by Crippen LogP contribution is 2.46. The summed E-state index contributed by atoms with van der Waals surface area (Å²) in [5, 5.41) is 18.8. The Hall–Kier alpha value is -5.34. The van der Waals surface area contributed by atoms with Gasteiger partial charge in [0.1, 0.15) is 6.04 Å². The van der Waals surface area contributed by atoms with Crippen molar-refractivity contribution in [2.24, 2.45) is 34.8 Å². The molecule has 6 rings (SSSR count). The second-order valence-electron chi connectivity index (χ2n) is 17.4. The first kappa shape index (κ1) is 57.7. The largest absolute Gasteiger partial charge is 0.483 e. The molecule has 1 aromatic heterocycles. The number of hydrogen-bond donors (Lipinski definition) is 5. The number of alkyl halides is 4. The fourth-order valence-electron chi connectivity index (χ4n) is 7.29. The number of H-pyrrole nitrogens is 1. The number of carbonyl (C=O) groups is 4. The predicted molar refractivity (Wildman–Crippen MR) is 240 cm³/mol. The standard InChI is InChI=1S/C17H17F2N3O.C14H27N3O2.C9H13F2NO3S.C2H4.C2H2.CH2O2/c18-17(19,8-2-1-3-11-4-5-11)15-16(23)22-14-9-12(10-20)6-7-13(14)21-15;1-6-9-7-8-17(10(9)12(15)18)13(19)11(16-5)14(2,3)4;1-9(2-3-9)16(14,15)12-8(13)6-4-5(6)7(10)11;2*1-2;2-1-3/h6-7,9,11H,1-5,8H2,(H,22,23);9-11,16H,6-8H2,1-5H3,(H2,15,18);5-7H,2-4H2,1H3,(H,12,13);1-2H2;1-2H;1H,(H,2,3)/t;9-,10+,11-;5?,6-;;;/m.10.../s1. The summed E-state index contributed by atoms with van der Waals surface area (Å²) in [6.45, 7) is 16.0. The first-order valence-corrected chi connectivity index (χ1v) is 22.7. The number of likely N-dealkylation sites (tertiary alicyclic amines) is 1. The second-order valence-corrected chi connectivity index (χ2v) is 19.6. The van der Waals surface area contributed by atoms with Crippen LogP contribution in [0.15, 0.2) is 36.2 Å². The van der Waals surface area contributed by atoms with Crippen molar-refractivity contribution in [3.63, 3.8) is 0 Å². The van der Waals surface area contributed by atoms with E-state index in [2.05, 4.69) is 41.3 Å². The maximum Gasteiger partial charge on any atom is 0.295 e. The van der Waals surface area contributed by atoms with E-state index < -0.39 is 62.2 Å². The van der Waals surface area contributed by atoms with Crippen molar-refractivity contribution >= 4 is 45.3 Å². The number of primary amides is 1. The van der Waals surface area contributed by atoms with E-state index in [1.807, 2.05) is 38.5 Å². The van der Waals surface area contributed by atoms with Crippen LogP contribution in [-0.2, 0) is 35.1 Å². The number of aromatic amines is 1. The fourth-order valence-corrected chi connectivity index (χ4v) is 8.59. The molecule has 0 bridgehead atoms. The number of rotatable bonds is 14. The molecule has 3 saturated carbocycles. The summed E-state index contributed by atoms with van der Waals surface area (Å²) in [5.41, 5.74) is 4.57. The summed E-state index contributed by atoms with van der Waals surface area (Å²) in [5.74, 6) is -5.31. The van der Waals surface area contributed by atoms with Crippen LogP contribution in [0.2, 0.25) is 0 Å². The smallest absolute Gasteiger partial charge is 0.295 e. The maximum atomic E-state index is 14.3. The van der Waals surface area contributed by atoms with Crippen LogP contribution in [0.3, 0.4) is 0 Å². The quantitative estimate of drug-likeness (QED) is 0.0467. The number of carboxylic acid groups (broad SMARTS) is 1. The number of sulfonamides is 1. The number of likely N-dealkylation sites (N-methyl/N-ethyl adjacent to an activating group) is 1. The van der Waals surface area contributed by atoms with Gasteiger partial charge in [0.2, 0.25) is 34.2 Å². The molecule has 2 heterocycles. The summed E-state index contributed by atoms with van der Waals surface area (Å²) in [7, 11) is -1.91. The van der Waals surface area contributed by atoms with Crippen LogP contribution in [0.4, 0.5) is 17.6 Å². The minimum Gasteiger partial charge on any atom is -0.483 e. The molecular formula is C45H65F4N7O8S. The second kappa shape index (κ2) is 25.4. The van der Waals surface area contributed by atoms with Crippen molar-refractivity contribution in [3.8, 4) is 18.9 Å². The van der Waals surface area contributed by atoms with Gasteiger partial charge in [-0.05, 0) is 81.5 Å².